The molecular weight excluding hydrogens is 432 g/mol. The number of hydrogen-bond acceptors (Lipinski definition) is 6. The normalized spacial score (nSPS) is 16.0. The van der Waals surface area contributed by atoms with E-state index in [-0.39, 0.29) is 22.2 Å². The minimum atomic E-state index is -1.18. The number of carbonyl (C=O) groups excluding carboxylic acids is 2. The van der Waals surface area contributed by atoms with Crippen LogP contribution in [0.15, 0.2) is 48.0 Å². The van der Waals surface area contributed by atoms with Crippen molar-refractivity contribution in [1.29, 1.82) is 0 Å². The van der Waals surface area contributed by atoms with E-state index >= 15 is 0 Å². The second-order valence-electron chi connectivity index (χ2n) is 6.95. The Morgan fingerprint density at radius 2 is 1.91 bits per heavy atom. The monoisotopic (exact) mass is 454 g/mol. The Balaban J connectivity index is 2.05. The first kappa shape index (κ1) is 23.0. The number of nitrogens with one attached hydrogen (secondary N) is 1. The number of anilines is 1. The molecule has 2 N–H and O–H groups in total. The lowest BCUT2D eigenvalue weighted by Gasteiger charge is -2.29. The number of rotatable bonds is 7. The lowest BCUT2D eigenvalue weighted by atomic mass is 10.0. The summed E-state index contributed by atoms with van der Waals surface area (Å²) in [5.74, 6) is -2.08. The van der Waals surface area contributed by atoms with Gasteiger partial charge in [0.25, 0.3) is 11.8 Å². The first-order valence-corrected chi connectivity index (χ1v) is 10.2. The number of aliphatic carboxylic acids is 1. The molecule has 3 rings (SSSR count). The van der Waals surface area contributed by atoms with Gasteiger partial charge in [-0.15, -0.1) is 0 Å². The minimum absolute atomic E-state index is 0.0250. The molecule has 0 bridgehead atoms. The van der Waals surface area contributed by atoms with E-state index in [1.165, 1.54) is 25.0 Å². The summed E-state index contributed by atoms with van der Waals surface area (Å²) >= 11 is 5.23. The number of carbonyl (C=O) groups is 3. The summed E-state index contributed by atoms with van der Waals surface area (Å²) in [5.41, 5.74) is 1.74. The van der Waals surface area contributed by atoms with Crippen LogP contribution in [-0.2, 0) is 20.8 Å². The van der Waals surface area contributed by atoms with E-state index in [1.807, 2.05) is 19.1 Å². The van der Waals surface area contributed by atoms with E-state index in [4.69, 9.17) is 21.7 Å². The molecule has 2 aromatic carbocycles. The van der Waals surface area contributed by atoms with Gasteiger partial charge in [0.1, 0.15) is 5.57 Å². The summed E-state index contributed by atoms with van der Waals surface area (Å²) in [6.45, 7) is 3.38. The minimum Gasteiger partial charge on any atom is -0.493 e. The number of nitrogens with zero attached hydrogens (tertiary/aromatic N) is 1. The Hall–Kier alpha value is -3.72. The highest BCUT2D eigenvalue weighted by molar-refractivity contribution is 7.80. The van der Waals surface area contributed by atoms with Gasteiger partial charge in [-0.1, -0.05) is 31.2 Å². The van der Waals surface area contributed by atoms with Crippen molar-refractivity contribution in [2.75, 3.05) is 12.0 Å². The highest BCUT2D eigenvalue weighted by Gasteiger charge is 2.35. The predicted octanol–water partition coefficient (Wildman–Crippen LogP) is 2.94. The molecule has 0 aromatic heterocycles. The van der Waals surface area contributed by atoms with E-state index in [9.17, 15) is 19.5 Å². The first-order valence-electron chi connectivity index (χ1n) is 9.83. The van der Waals surface area contributed by atoms with Crippen LogP contribution >= 0.6 is 12.2 Å². The molecule has 1 aliphatic rings. The molecule has 1 saturated heterocycles. The molecule has 0 radical (unpaired) electrons. The number of aryl methyl sites for hydroxylation is 1. The Bertz CT molecular complexity index is 1110. The molecule has 2 aromatic rings. The van der Waals surface area contributed by atoms with Crippen LogP contribution < -0.4 is 19.7 Å². The molecule has 9 heteroatoms. The fourth-order valence-corrected chi connectivity index (χ4v) is 3.37. The highest BCUT2D eigenvalue weighted by atomic mass is 32.1. The van der Waals surface area contributed by atoms with Crippen LogP contribution in [0.25, 0.3) is 6.08 Å². The maximum absolute atomic E-state index is 13.2. The van der Waals surface area contributed by atoms with Crippen molar-refractivity contribution in [2.24, 2.45) is 0 Å². The van der Waals surface area contributed by atoms with Crippen molar-refractivity contribution in [3.05, 3.63) is 59.2 Å². The SMILES string of the molecule is CCc1ccc(N2C(=O)/C(=C/c3cccc(OC)c3O[C@@H](C)C(=O)O)C(=O)NC2=S)cc1. The summed E-state index contributed by atoms with van der Waals surface area (Å²) in [6, 6.07) is 12.1. The summed E-state index contributed by atoms with van der Waals surface area (Å²) in [7, 11) is 1.41. The largest absolute Gasteiger partial charge is 0.493 e. The quantitative estimate of drug-likeness (QED) is 0.376. The molecule has 1 fully saturated rings. The third kappa shape index (κ3) is 4.62. The standard InChI is InChI=1S/C23H22N2O6S/c1-4-14-8-10-16(11-9-14)25-21(27)17(20(26)24-23(25)32)12-15-6-5-7-18(30-3)19(15)31-13(2)22(28)29/h5-13H,4H2,1-3H3,(H,28,29)(H,24,26,32)/b17-12+/t13-/m0/s1. The zero-order chi connectivity index (χ0) is 23.4. The Labute approximate surface area is 190 Å². The smallest absolute Gasteiger partial charge is 0.344 e. The van der Waals surface area contributed by atoms with Gasteiger partial charge in [-0.3, -0.25) is 19.8 Å². The van der Waals surface area contributed by atoms with E-state index in [1.54, 1.807) is 30.3 Å². The van der Waals surface area contributed by atoms with Crippen molar-refractivity contribution in [2.45, 2.75) is 26.4 Å². The molecule has 0 saturated carbocycles. The molecule has 0 aliphatic carbocycles. The molecule has 0 spiro atoms. The maximum atomic E-state index is 13.2. The third-order valence-corrected chi connectivity index (χ3v) is 5.16. The number of benzene rings is 2. The van der Waals surface area contributed by atoms with Crippen LogP contribution in [0.2, 0.25) is 0 Å². The van der Waals surface area contributed by atoms with Crippen molar-refractivity contribution in [3.63, 3.8) is 0 Å². The van der Waals surface area contributed by atoms with Gasteiger partial charge >= 0.3 is 5.97 Å². The first-order chi connectivity index (χ1) is 15.3. The van der Waals surface area contributed by atoms with E-state index in [2.05, 4.69) is 5.32 Å². The van der Waals surface area contributed by atoms with Gasteiger partial charge < -0.3 is 14.6 Å². The number of carboxylic acid groups (broad SMARTS) is 1. The van der Waals surface area contributed by atoms with Gasteiger partial charge in [-0.25, -0.2) is 4.79 Å². The second kappa shape index (κ2) is 9.61. The number of para-hydroxylation sites is 1. The number of ether oxygens (including phenoxy) is 2. The van der Waals surface area contributed by atoms with Gasteiger partial charge in [0.2, 0.25) is 0 Å². The second-order valence-corrected chi connectivity index (χ2v) is 7.34. The third-order valence-electron chi connectivity index (χ3n) is 4.88. The van der Waals surface area contributed by atoms with Gasteiger partial charge in [0, 0.05) is 5.56 Å². The Morgan fingerprint density at radius 1 is 1.22 bits per heavy atom. The fraction of sp³-hybridized carbons (Fsp3) is 0.217. The summed E-state index contributed by atoms with van der Waals surface area (Å²) in [5, 5.41) is 11.7. The van der Waals surface area contributed by atoms with Crippen molar-refractivity contribution < 1.29 is 29.0 Å². The predicted molar refractivity (Wildman–Crippen MR) is 123 cm³/mol. The van der Waals surface area contributed by atoms with Crippen molar-refractivity contribution in [1.82, 2.24) is 5.32 Å². The summed E-state index contributed by atoms with van der Waals surface area (Å²) in [4.78, 5) is 38.4. The molecule has 166 valence electrons. The molecule has 1 heterocycles. The molecule has 2 amide bonds. The summed E-state index contributed by atoms with van der Waals surface area (Å²) < 4.78 is 10.8. The van der Waals surface area contributed by atoms with E-state index < -0.39 is 23.9 Å². The Morgan fingerprint density at radius 3 is 2.50 bits per heavy atom. The zero-order valence-electron chi connectivity index (χ0n) is 17.7. The Kier molecular flexibility index (Phi) is 6.89. The number of thiocarbonyl (C=S) groups is 1. The average Bonchev–Trinajstić information content (AvgIpc) is 2.77. The number of carboxylic acids is 1. The number of methoxy groups -OCH3 is 1. The van der Waals surface area contributed by atoms with Crippen LogP contribution in [-0.4, -0.2) is 41.2 Å². The lowest BCUT2D eigenvalue weighted by molar-refractivity contribution is -0.144. The van der Waals surface area contributed by atoms with E-state index in [0.717, 1.165) is 12.0 Å². The van der Waals surface area contributed by atoms with Crippen LogP contribution in [0.1, 0.15) is 25.0 Å². The topological polar surface area (TPSA) is 105 Å². The van der Waals surface area contributed by atoms with Gasteiger partial charge in [0.15, 0.2) is 22.7 Å². The van der Waals surface area contributed by atoms with Crippen LogP contribution in [0.4, 0.5) is 5.69 Å². The summed E-state index contributed by atoms with van der Waals surface area (Å²) in [6.07, 6.45) is 0.994. The molecule has 1 atom stereocenters. The van der Waals surface area contributed by atoms with Crippen LogP contribution in [0, 0.1) is 0 Å². The van der Waals surface area contributed by atoms with Crippen LogP contribution in [0.5, 0.6) is 11.5 Å². The molecule has 0 unspecified atom stereocenters. The molecule has 1 aliphatic heterocycles. The van der Waals surface area contributed by atoms with Gasteiger partial charge in [-0.05, 0) is 55.4 Å². The average molecular weight is 455 g/mol. The van der Waals surface area contributed by atoms with E-state index in [0.29, 0.717) is 11.3 Å². The lowest BCUT2D eigenvalue weighted by Crippen LogP contribution is -2.54. The van der Waals surface area contributed by atoms with Crippen molar-refractivity contribution >= 4 is 46.9 Å². The van der Waals surface area contributed by atoms with Gasteiger partial charge in [0.05, 0.1) is 12.8 Å². The van der Waals surface area contributed by atoms with Crippen LogP contribution in [0.3, 0.4) is 0 Å². The van der Waals surface area contributed by atoms with Crippen molar-refractivity contribution in [3.8, 4) is 11.5 Å². The molecule has 8 nitrogen and oxygen atoms in total. The zero-order valence-corrected chi connectivity index (χ0v) is 18.6. The highest BCUT2D eigenvalue weighted by Crippen LogP contribution is 2.34. The molecule has 32 heavy (non-hydrogen) atoms. The molecular formula is C23H22N2O6S. The fourth-order valence-electron chi connectivity index (χ4n) is 3.09. The number of hydrogen-bond donors (Lipinski definition) is 2. The van der Waals surface area contributed by atoms with Gasteiger partial charge in [-0.2, -0.15) is 0 Å². The maximum Gasteiger partial charge on any atom is 0.344 e. The number of amides is 2.